The van der Waals surface area contributed by atoms with Gasteiger partial charge in [-0.05, 0) is 17.6 Å². The monoisotopic (exact) mass is 223 g/mol. The van der Waals surface area contributed by atoms with Crippen LogP contribution in [0.4, 0.5) is 0 Å². The standard InChI is InChI=1S/C11H21N5/c12-8-9-16-14-11(13-15-16)7-6-10-4-2-1-3-5-10/h10H,1-9,12H2. The summed E-state index contributed by atoms with van der Waals surface area (Å²) in [6, 6.07) is 0. The van der Waals surface area contributed by atoms with E-state index in [1.54, 1.807) is 4.80 Å². The number of rotatable bonds is 5. The molecule has 0 bridgehead atoms. The molecule has 1 aliphatic carbocycles. The van der Waals surface area contributed by atoms with E-state index in [-0.39, 0.29) is 0 Å². The summed E-state index contributed by atoms with van der Waals surface area (Å²) in [4.78, 5) is 1.59. The van der Waals surface area contributed by atoms with Crippen LogP contribution in [0.1, 0.15) is 44.3 Å². The normalized spacial score (nSPS) is 17.8. The predicted molar refractivity (Wildman–Crippen MR) is 61.8 cm³/mol. The molecule has 0 spiro atoms. The molecule has 0 radical (unpaired) electrons. The highest BCUT2D eigenvalue weighted by molar-refractivity contribution is 4.79. The Labute approximate surface area is 96.4 Å². The molecule has 0 aliphatic heterocycles. The smallest absolute Gasteiger partial charge is 0.174 e. The van der Waals surface area contributed by atoms with Gasteiger partial charge in [0, 0.05) is 13.0 Å². The van der Waals surface area contributed by atoms with E-state index < -0.39 is 0 Å². The maximum absolute atomic E-state index is 5.43. The minimum absolute atomic E-state index is 0.568. The molecule has 0 saturated heterocycles. The zero-order valence-corrected chi connectivity index (χ0v) is 9.81. The van der Waals surface area contributed by atoms with E-state index in [1.165, 1.54) is 38.5 Å². The second-order valence-electron chi connectivity index (χ2n) is 4.63. The van der Waals surface area contributed by atoms with Gasteiger partial charge in [-0.25, -0.2) is 0 Å². The Bertz CT molecular complexity index is 303. The van der Waals surface area contributed by atoms with Gasteiger partial charge in [-0.1, -0.05) is 32.1 Å². The molecule has 0 amide bonds. The number of aryl methyl sites for hydroxylation is 1. The van der Waals surface area contributed by atoms with Gasteiger partial charge in [-0.3, -0.25) is 0 Å². The fourth-order valence-electron chi connectivity index (χ4n) is 2.40. The van der Waals surface area contributed by atoms with Crippen molar-refractivity contribution in [2.45, 2.75) is 51.5 Å². The lowest BCUT2D eigenvalue weighted by atomic mass is 9.86. The molecule has 5 heteroatoms. The molecule has 16 heavy (non-hydrogen) atoms. The maximum Gasteiger partial charge on any atom is 0.174 e. The minimum atomic E-state index is 0.568. The Hall–Kier alpha value is -0.970. The summed E-state index contributed by atoms with van der Waals surface area (Å²) >= 11 is 0. The number of nitrogens with two attached hydrogens (primary N) is 1. The molecule has 2 rings (SSSR count). The first-order valence-corrected chi connectivity index (χ1v) is 6.35. The maximum atomic E-state index is 5.43. The summed E-state index contributed by atoms with van der Waals surface area (Å²) in [7, 11) is 0. The lowest BCUT2D eigenvalue weighted by Crippen LogP contribution is -2.12. The van der Waals surface area contributed by atoms with Gasteiger partial charge in [0.1, 0.15) is 0 Å². The SMILES string of the molecule is NCCn1nnc(CCC2CCCCC2)n1. The fraction of sp³-hybridized carbons (Fsp3) is 0.909. The third kappa shape index (κ3) is 3.27. The van der Waals surface area contributed by atoms with Crippen molar-refractivity contribution < 1.29 is 0 Å². The van der Waals surface area contributed by atoms with E-state index >= 15 is 0 Å². The van der Waals surface area contributed by atoms with E-state index in [0.717, 1.165) is 18.2 Å². The zero-order valence-electron chi connectivity index (χ0n) is 9.81. The second-order valence-corrected chi connectivity index (χ2v) is 4.63. The molecule has 5 nitrogen and oxygen atoms in total. The van der Waals surface area contributed by atoms with Crippen LogP contribution in [0.15, 0.2) is 0 Å². The second kappa shape index (κ2) is 5.94. The fourth-order valence-corrected chi connectivity index (χ4v) is 2.40. The highest BCUT2D eigenvalue weighted by Gasteiger charge is 2.14. The van der Waals surface area contributed by atoms with E-state index in [9.17, 15) is 0 Å². The first kappa shape index (κ1) is 11.5. The van der Waals surface area contributed by atoms with Gasteiger partial charge in [-0.2, -0.15) is 4.80 Å². The van der Waals surface area contributed by atoms with E-state index in [4.69, 9.17) is 5.73 Å². The molecule has 2 N–H and O–H groups in total. The summed E-state index contributed by atoms with van der Waals surface area (Å²) in [5, 5.41) is 12.3. The molecule has 0 unspecified atom stereocenters. The van der Waals surface area contributed by atoms with E-state index in [2.05, 4.69) is 15.4 Å². The average Bonchev–Trinajstić information content (AvgIpc) is 2.76. The molecular formula is C11H21N5. The third-order valence-corrected chi connectivity index (χ3v) is 3.32. The Kier molecular flexibility index (Phi) is 4.27. The van der Waals surface area contributed by atoms with Crippen LogP contribution >= 0.6 is 0 Å². The molecule has 1 aromatic rings. The van der Waals surface area contributed by atoms with Gasteiger partial charge < -0.3 is 5.73 Å². The van der Waals surface area contributed by atoms with Gasteiger partial charge in [0.05, 0.1) is 6.54 Å². The molecule has 1 aromatic heterocycles. The van der Waals surface area contributed by atoms with Crippen molar-refractivity contribution in [1.29, 1.82) is 0 Å². The van der Waals surface area contributed by atoms with Crippen LogP contribution in [0, 0.1) is 5.92 Å². The van der Waals surface area contributed by atoms with Crippen molar-refractivity contribution in [1.82, 2.24) is 20.2 Å². The van der Waals surface area contributed by atoms with Gasteiger partial charge >= 0.3 is 0 Å². The topological polar surface area (TPSA) is 69.6 Å². The van der Waals surface area contributed by atoms with Crippen molar-refractivity contribution in [2.75, 3.05) is 6.54 Å². The zero-order chi connectivity index (χ0) is 11.2. The van der Waals surface area contributed by atoms with Crippen LogP contribution in [-0.2, 0) is 13.0 Å². The van der Waals surface area contributed by atoms with E-state index in [0.29, 0.717) is 13.1 Å². The summed E-state index contributed by atoms with van der Waals surface area (Å²) in [5.41, 5.74) is 5.43. The van der Waals surface area contributed by atoms with Crippen molar-refractivity contribution in [3.8, 4) is 0 Å². The molecule has 1 aliphatic rings. The first-order chi connectivity index (χ1) is 7.88. The molecule has 1 saturated carbocycles. The Morgan fingerprint density at radius 1 is 1.25 bits per heavy atom. The predicted octanol–water partition coefficient (Wildman–Crippen LogP) is 1.14. The molecule has 0 atom stereocenters. The van der Waals surface area contributed by atoms with Crippen LogP contribution in [-0.4, -0.2) is 26.8 Å². The number of tetrazole rings is 1. The Balaban J connectivity index is 1.75. The lowest BCUT2D eigenvalue weighted by Gasteiger charge is -2.20. The lowest BCUT2D eigenvalue weighted by molar-refractivity contribution is 0.337. The van der Waals surface area contributed by atoms with Crippen LogP contribution < -0.4 is 5.73 Å². The summed E-state index contributed by atoms with van der Waals surface area (Å²) in [6.45, 7) is 1.23. The summed E-state index contributed by atoms with van der Waals surface area (Å²) < 4.78 is 0. The van der Waals surface area contributed by atoms with Crippen LogP contribution in [0.2, 0.25) is 0 Å². The Morgan fingerprint density at radius 2 is 2.06 bits per heavy atom. The van der Waals surface area contributed by atoms with E-state index in [1.807, 2.05) is 0 Å². The molecule has 0 aromatic carbocycles. The van der Waals surface area contributed by atoms with Crippen molar-refractivity contribution in [2.24, 2.45) is 11.7 Å². The van der Waals surface area contributed by atoms with Crippen LogP contribution in [0.3, 0.4) is 0 Å². The van der Waals surface area contributed by atoms with Gasteiger partial charge in [0.15, 0.2) is 5.82 Å². The molecule has 90 valence electrons. The number of nitrogens with zero attached hydrogens (tertiary/aromatic N) is 4. The van der Waals surface area contributed by atoms with Crippen molar-refractivity contribution >= 4 is 0 Å². The van der Waals surface area contributed by atoms with Crippen molar-refractivity contribution in [3.05, 3.63) is 5.82 Å². The largest absolute Gasteiger partial charge is 0.329 e. The average molecular weight is 223 g/mol. The Morgan fingerprint density at radius 3 is 2.81 bits per heavy atom. The molecular weight excluding hydrogens is 202 g/mol. The van der Waals surface area contributed by atoms with Gasteiger partial charge in [-0.15, -0.1) is 10.2 Å². The highest BCUT2D eigenvalue weighted by Crippen LogP contribution is 2.26. The van der Waals surface area contributed by atoms with Crippen molar-refractivity contribution in [3.63, 3.8) is 0 Å². The number of hydrogen-bond acceptors (Lipinski definition) is 4. The third-order valence-electron chi connectivity index (χ3n) is 3.32. The van der Waals surface area contributed by atoms with Gasteiger partial charge in [0.2, 0.25) is 0 Å². The van der Waals surface area contributed by atoms with Crippen LogP contribution in [0.5, 0.6) is 0 Å². The quantitative estimate of drug-likeness (QED) is 0.812. The summed E-state index contributed by atoms with van der Waals surface area (Å²) in [6.07, 6.45) is 9.18. The number of hydrogen-bond donors (Lipinski definition) is 1. The first-order valence-electron chi connectivity index (χ1n) is 6.35. The van der Waals surface area contributed by atoms with Gasteiger partial charge in [0.25, 0.3) is 0 Å². The molecule has 1 heterocycles. The van der Waals surface area contributed by atoms with Crippen LogP contribution in [0.25, 0.3) is 0 Å². The minimum Gasteiger partial charge on any atom is -0.329 e. The summed E-state index contributed by atoms with van der Waals surface area (Å²) in [5.74, 6) is 1.76. The number of aromatic nitrogens is 4. The molecule has 1 fully saturated rings. The highest BCUT2D eigenvalue weighted by atomic mass is 15.6.